The second-order valence-corrected chi connectivity index (χ2v) is 6.50. The molecule has 1 saturated heterocycles. The van der Waals surface area contributed by atoms with E-state index in [0.29, 0.717) is 11.4 Å². The van der Waals surface area contributed by atoms with Gasteiger partial charge in [-0.1, -0.05) is 6.07 Å². The highest BCUT2D eigenvalue weighted by molar-refractivity contribution is 7.92. The fraction of sp³-hybridized carbons (Fsp3) is 0.500. The standard InChI is InChI=1S/C12H17N3O3S/c16-19(17)9-18-12-2-1-10(7-11(12)14-19)8-15-5-3-13-4-6-15/h1-2,7,13-14H,3-6,8-9H2. The zero-order chi connectivity index (χ0) is 13.3. The Labute approximate surface area is 112 Å². The quantitative estimate of drug-likeness (QED) is 0.810. The van der Waals surface area contributed by atoms with E-state index in [9.17, 15) is 8.42 Å². The maximum Gasteiger partial charge on any atom is 0.268 e. The van der Waals surface area contributed by atoms with Crippen molar-refractivity contribution in [2.45, 2.75) is 6.54 Å². The minimum atomic E-state index is -3.34. The number of anilines is 1. The van der Waals surface area contributed by atoms with Crippen molar-refractivity contribution in [2.75, 3.05) is 36.8 Å². The number of nitrogens with zero attached hydrogens (tertiary/aromatic N) is 1. The number of hydrogen-bond donors (Lipinski definition) is 2. The van der Waals surface area contributed by atoms with E-state index < -0.39 is 10.0 Å². The van der Waals surface area contributed by atoms with Crippen LogP contribution >= 0.6 is 0 Å². The second kappa shape index (κ2) is 4.99. The van der Waals surface area contributed by atoms with Gasteiger partial charge in [-0.05, 0) is 17.7 Å². The topological polar surface area (TPSA) is 70.7 Å². The maximum absolute atomic E-state index is 11.5. The fourth-order valence-corrected chi connectivity index (χ4v) is 3.18. The van der Waals surface area contributed by atoms with Gasteiger partial charge in [0.2, 0.25) is 5.94 Å². The number of hydrogen-bond acceptors (Lipinski definition) is 5. The number of piperazine rings is 1. The lowest BCUT2D eigenvalue weighted by molar-refractivity contribution is 0.233. The van der Waals surface area contributed by atoms with Crippen LogP contribution in [0.15, 0.2) is 18.2 Å². The van der Waals surface area contributed by atoms with E-state index >= 15 is 0 Å². The highest BCUT2D eigenvalue weighted by atomic mass is 32.2. The predicted octanol–water partition coefficient (Wildman–Crippen LogP) is 0.183. The van der Waals surface area contributed by atoms with Gasteiger partial charge in [0.25, 0.3) is 10.0 Å². The van der Waals surface area contributed by atoms with Gasteiger partial charge in [0.1, 0.15) is 5.75 Å². The van der Waals surface area contributed by atoms with E-state index in [2.05, 4.69) is 14.9 Å². The molecule has 1 aromatic carbocycles. The van der Waals surface area contributed by atoms with E-state index in [-0.39, 0.29) is 5.94 Å². The number of nitrogens with one attached hydrogen (secondary N) is 2. The second-order valence-electron chi connectivity index (χ2n) is 4.84. The molecule has 0 unspecified atom stereocenters. The monoisotopic (exact) mass is 283 g/mol. The van der Waals surface area contributed by atoms with Crippen LogP contribution in [0, 0.1) is 0 Å². The average Bonchev–Trinajstić information content (AvgIpc) is 2.38. The lowest BCUT2D eigenvalue weighted by atomic mass is 10.1. The van der Waals surface area contributed by atoms with Gasteiger partial charge in [-0.15, -0.1) is 0 Å². The van der Waals surface area contributed by atoms with Crippen LogP contribution in [-0.2, 0) is 16.6 Å². The minimum absolute atomic E-state index is 0.308. The van der Waals surface area contributed by atoms with Crippen LogP contribution in [0.25, 0.3) is 0 Å². The zero-order valence-corrected chi connectivity index (χ0v) is 11.4. The molecular formula is C12H17N3O3S. The molecule has 0 aromatic heterocycles. The number of benzene rings is 1. The summed E-state index contributed by atoms with van der Waals surface area (Å²) in [6.07, 6.45) is 0. The largest absolute Gasteiger partial charge is 0.474 e. The smallest absolute Gasteiger partial charge is 0.268 e. The SMILES string of the molecule is O=S1(=O)COc2ccc(CN3CCNCC3)cc2N1. The molecular weight excluding hydrogens is 266 g/mol. The van der Waals surface area contributed by atoms with E-state index in [1.165, 1.54) is 0 Å². The Hall–Kier alpha value is -1.31. The Kier molecular flexibility index (Phi) is 3.34. The number of rotatable bonds is 2. The summed E-state index contributed by atoms with van der Waals surface area (Å²) in [5.41, 5.74) is 1.63. The van der Waals surface area contributed by atoms with Crippen LogP contribution in [0.1, 0.15) is 5.56 Å². The highest BCUT2D eigenvalue weighted by Crippen LogP contribution is 2.30. The molecule has 0 spiro atoms. The summed E-state index contributed by atoms with van der Waals surface area (Å²) in [6.45, 7) is 4.86. The lowest BCUT2D eigenvalue weighted by Crippen LogP contribution is -2.42. The van der Waals surface area contributed by atoms with Crippen molar-refractivity contribution in [3.8, 4) is 5.75 Å². The molecule has 7 heteroatoms. The lowest BCUT2D eigenvalue weighted by Gasteiger charge is -2.27. The Morgan fingerprint density at radius 1 is 1.26 bits per heavy atom. The molecule has 0 saturated carbocycles. The van der Waals surface area contributed by atoms with Crippen LogP contribution < -0.4 is 14.8 Å². The van der Waals surface area contributed by atoms with Crippen molar-refractivity contribution >= 4 is 15.7 Å². The van der Waals surface area contributed by atoms with E-state index in [4.69, 9.17) is 4.74 Å². The molecule has 104 valence electrons. The first-order valence-electron chi connectivity index (χ1n) is 6.32. The molecule has 0 amide bonds. The van der Waals surface area contributed by atoms with Crippen molar-refractivity contribution in [3.05, 3.63) is 23.8 Å². The third kappa shape index (κ3) is 2.99. The molecule has 6 nitrogen and oxygen atoms in total. The molecule has 2 aliphatic rings. The van der Waals surface area contributed by atoms with E-state index in [0.717, 1.165) is 38.3 Å². The molecule has 2 aliphatic heterocycles. The molecule has 0 atom stereocenters. The Bertz CT molecular complexity index is 568. The fourth-order valence-electron chi connectivity index (χ4n) is 2.35. The summed E-state index contributed by atoms with van der Waals surface area (Å²) in [5.74, 6) is 0.288. The van der Waals surface area contributed by atoms with Gasteiger partial charge < -0.3 is 10.1 Å². The zero-order valence-electron chi connectivity index (χ0n) is 10.6. The van der Waals surface area contributed by atoms with Crippen LogP contribution in [0.2, 0.25) is 0 Å². The Balaban J connectivity index is 1.77. The van der Waals surface area contributed by atoms with Gasteiger partial charge in [-0.3, -0.25) is 9.62 Å². The number of ether oxygens (including phenoxy) is 1. The van der Waals surface area contributed by atoms with Gasteiger partial charge in [0.15, 0.2) is 0 Å². The van der Waals surface area contributed by atoms with E-state index in [1.54, 1.807) is 0 Å². The first kappa shape index (κ1) is 12.7. The van der Waals surface area contributed by atoms with E-state index in [1.807, 2.05) is 18.2 Å². The highest BCUT2D eigenvalue weighted by Gasteiger charge is 2.21. The molecule has 0 radical (unpaired) electrons. The van der Waals surface area contributed by atoms with Gasteiger partial charge in [0, 0.05) is 32.7 Å². The average molecular weight is 283 g/mol. The van der Waals surface area contributed by atoms with Crippen molar-refractivity contribution in [1.29, 1.82) is 0 Å². The first-order chi connectivity index (χ1) is 9.12. The summed E-state index contributed by atoms with van der Waals surface area (Å²) in [5, 5.41) is 3.31. The van der Waals surface area contributed by atoms with Gasteiger partial charge in [0.05, 0.1) is 5.69 Å². The molecule has 3 rings (SSSR count). The minimum Gasteiger partial charge on any atom is -0.474 e. The van der Waals surface area contributed by atoms with Crippen LogP contribution in [0.4, 0.5) is 5.69 Å². The summed E-state index contributed by atoms with van der Waals surface area (Å²) in [4.78, 5) is 2.34. The van der Waals surface area contributed by atoms with Crippen molar-refractivity contribution in [3.63, 3.8) is 0 Å². The Morgan fingerprint density at radius 3 is 2.84 bits per heavy atom. The predicted molar refractivity (Wildman–Crippen MR) is 72.6 cm³/mol. The number of fused-ring (bicyclic) bond motifs is 1. The Morgan fingerprint density at radius 2 is 2.05 bits per heavy atom. The van der Waals surface area contributed by atoms with Crippen LogP contribution in [0.5, 0.6) is 5.75 Å². The van der Waals surface area contributed by atoms with Gasteiger partial charge in [-0.25, -0.2) is 8.42 Å². The maximum atomic E-state index is 11.5. The summed E-state index contributed by atoms with van der Waals surface area (Å²) in [6, 6.07) is 5.67. The normalized spacial score (nSPS) is 22.1. The van der Waals surface area contributed by atoms with Crippen LogP contribution in [0.3, 0.4) is 0 Å². The van der Waals surface area contributed by atoms with Crippen molar-refractivity contribution < 1.29 is 13.2 Å². The van der Waals surface area contributed by atoms with Crippen LogP contribution in [-0.4, -0.2) is 45.4 Å². The third-order valence-corrected chi connectivity index (χ3v) is 4.25. The molecule has 0 aliphatic carbocycles. The molecule has 19 heavy (non-hydrogen) atoms. The van der Waals surface area contributed by atoms with Crippen molar-refractivity contribution in [1.82, 2.24) is 10.2 Å². The first-order valence-corrected chi connectivity index (χ1v) is 7.97. The van der Waals surface area contributed by atoms with Crippen molar-refractivity contribution in [2.24, 2.45) is 0 Å². The van der Waals surface area contributed by atoms with Gasteiger partial charge >= 0.3 is 0 Å². The molecule has 2 N–H and O–H groups in total. The third-order valence-electron chi connectivity index (χ3n) is 3.29. The molecule has 1 aromatic rings. The molecule has 0 bridgehead atoms. The number of sulfonamides is 1. The van der Waals surface area contributed by atoms with Gasteiger partial charge in [-0.2, -0.15) is 0 Å². The molecule has 2 heterocycles. The molecule has 1 fully saturated rings. The summed E-state index contributed by atoms with van der Waals surface area (Å²) >= 11 is 0. The summed E-state index contributed by atoms with van der Waals surface area (Å²) in [7, 11) is -3.34. The summed E-state index contributed by atoms with van der Waals surface area (Å²) < 4.78 is 30.7.